The lowest BCUT2D eigenvalue weighted by atomic mass is 9.89. The molecule has 5 rings (SSSR count). The molecular weight excluding hydrogens is 552 g/mol. The number of aromatic nitrogens is 1. The van der Waals surface area contributed by atoms with Gasteiger partial charge in [0.1, 0.15) is 5.82 Å². The topological polar surface area (TPSA) is 65.5 Å². The van der Waals surface area contributed by atoms with Gasteiger partial charge in [0, 0.05) is 62.1 Å². The second-order valence-electron chi connectivity index (χ2n) is 11.2. The highest BCUT2D eigenvalue weighted by Gasteiger charge is 2.48. The lowest BCUT2D eigenvalue weighted by Crippen LogP contribution is -2.45. The highest BCUT2D eigenvalue weighted by molar-refractivity contribution is 6.42. The number of anilines is 1. The van der Waals surface area contributed by atoms with E-state index in [1.807, 2.05) is 28.9 Å². The summed E-state index contributed by atoms with van der Waals surface area (Å²) in [6.07, 6.45) is -0.474. The smallest absolute Gasteiger partial charge is 0.370 e. The van der Waals surface area contributed by atoms with Gasteiger partial charge in [0.15, 0.2) is 0 Å². The molecule has 11 heteroatoms. The van der Waals surface area contributed by atoms with Crippen LogP contribution in [0.3, 0.4) is 0 Å². The Morgan fingerprint density at radius 2 is 1.77 bits per heavy atom. The summed E-state index contributed by atoms with van der Waals surface area (Å²) in [6.45, 7) is 4.61. The average molecular weight is 583 g/mol. The molecular formula is C28H31Cl2F3N4O2. The van der Waals surface area contributed by atoms with Crippen LogP contribution in [0.15, 0.2) is 36.5 Å². The third-order valence-electron chi connectivity index (χ3n) is 8.41. The zero-order valence-electron chi connectivity index (χ0n) is 21.6. The van der Waals surface area contributed by atoms with Crippen molar-refractivity contribution in [2.45, 2.75) is 44.7 Å². The van der Waals surface area contributed by atoms with Crippen LogP contribution in [0.25, 0.3) is 0 Å². The summed E-state index contributed by atoms with van der Waals surface area (Å²) in [6, 6.07) is 7.76. The predicted molar refractivity (Wildman–Crippen MR) is 144 cm³/mol. The van der Waals surface area contributed by atoms with Gasteiger partial charge in [-0.25, -0.2) is 4.98 Å². The van der Waals surface area contributed by atoms with Gasteiger partial charge in [0.25, 0.3) is 0 Å². The fourth-order valence-electron chi connectivity index (χ4n) is 5.65. The molecule has 1 aromatic carbocycles. The van der Waals surface area contributed by atoms with Crippen LogP contribution in [0, 0.1) is 17.3 Å². The van der Waals surface area contributed by atoms with Crippen LogP contribution in [0.4, 0.5) is 19.0 Å². The van der Waals surface area contributed by atoms with Gasteiger partial charge in [0.2, 0.25) is 11.8 Å². The summed E-state index contributed by atoms with van der Waals surface area (Å²) in [4.78, 5) is 34.0. The van der Waals surface area contributed by atoms with Crippen molar-refractivity contribution in [2.75, 3.05) is 38.0 Å². The second-order valence-corrected chi connectivity index (χ2v) is 12.0. The van der Waals surface area contributed by atoms with E-state index in [0.717, 1.165) is 30.7 Å². The number of carbonyl (C=O) groups excluding carboxylic acids is 2. The summed E-state index contributed by atoms with van der Waals surface area (Å²) in [7, 11) is 0. The van der Waals surface area contributed by atoms with Gasteiger partial charge in [-0.05, 0) is 55.5 Å². The Morgan fingerprint density at radius 3 is 2.36 bits per heavy atom. The number of hydrogen-bond acceptors (Lipinski definition) is 4. The minimum absolute atomic E-state index is 0.0215. The average Bonchev–Trinajstić information content (AvgIpc) is 3.53. The molecule has 0 radical (unpaired) electrons. The van der Waals surface area contributed by atoms with Crippen LogP contribution < -0.4 is 5.32 Å². The number of amides is 2. The molecule has 1 aliphatic carbocycles. The van der Waals surface area contributed by atoms with Crippen molar-refractivity contribution in [3.63, 3.8) is 0 Å². The van der Waals surface area contributed by atoms with Gasteiger partial charge in [-0.2, -0.15) is 13.2 Å². The molecule has 39 heavy (non-hydrogen) atoms. The minimum Gasteiger partial charge on any atom is -0.370 e. The zero-order valence-corrected chi connectivity index (χ0v) is 23.1. The van der Waals surface area contributed by atoms with Crippen LogP contribution >= 0.6 is 23.2 Å². The van der Waals surface area contributed by atoms with Crippen molar-refractivity contribution >= 4 is 40.8 Å². The van der Waals surface area contributed by atoms with Crippen LogP contribution in [-0.2, 0) is 15.8 Å². The molecule has 1 aromatic heterocycles. The quantitative estimate of drug-likeness (QED) is 0.447. The van der Waals surface area contributed by atoms with E-state index >= 15 is 0 Å². The molecule has 3 aliphatic rings. The van der Waals surface area contributed by atoms with E-state index in [0.29, 0.717) is 61.4 Å². The maximum absolute atomic E-state index is 13.6. The summed E-state index contributed by atoms with van der Waals surface area (Å²) < 4.78 is 38.7. The van der Waals surface area contributed by atoms with Crippen molar-refractivity contribution in [3.8, 4) is 0 Å². The van der Waals surface area contributed by atoms with Crippen LogP contribution in [0.5, 0.6) is 0 Å². The number of piperidine rings is 1. The fourth-order valence-corrected chi connectivity index (χ4v) is 5.96. The maximum atomic E-state index is 13.6. The van der Waals surface area contributed by atoms with Gasteiger partial charge >= 0.3 is 6.18 Å². The molecule has 6 nitrogen and oxygen atoms in total. The molecule has 2 saturated heterocycles. The first-order valence-electron chi connectivity index (χ1n) is 13.2. The Morgan fingerprint density at radius 1 is 1.05 bits per heavy atom. The molecule has 1 saturated carbocycles. The van der Waals surface area contributed by atoms with Crippen LogP contribution in [0.1, 0.15) is 49.7 Å². The van der Waals surface area contributed by atoms with Crippen LogP contribution in [0.2, 0.25) is 10.0 Å². The van der Waals surface area contributed by atoms with Gasteiger partial charge in [-0.3, -0.25) is 9.59 Å². The van der Waals surface area contributed by atoms with Gasteiger partial charge in [0.05, 0.1) is 15.6 Å². The molecule has 0 unspecified atom stereocenters. The Hall–Kier alpha value is -2.52. The molecule has 210 valence electrons. The Balaban J connectivity index is 1.26. The van der Waals surface area contributed by atoms with E-state index in [1.165, 1.54) is 6.07 Å². The largest absolute Gasteiger partial charge is 0.417 e. The van der Waals surface area contributed by atoms with E-state index in [2.05, 4.69) is 10.3 Å². The lowest BCUT2D eigenvalue weighted by Gasteiger charge is -2.34. The van der Waals surface area contributed by atoms with E-state index in [4.69, 9.17) is 23.2 Å². The van der Waals surface area contributed by atoms with E-state index < -0.39 is 11.7 Å². The fraction of sp³-hybridized carbons (Fsp3) is 0.536. The summed E-state index contributed by atoms with van der Waals surface area (Å²) >= 11 is 12.4. The number of halogens is 5. The molecule has 0 bridgehead atoms. The molecule has 3 fully saturated rings. The summed E-state index contributed by atoms with van der Waals surface area (Å²) in [5.41, 5.74) is -0.0654. The number of benzene rings is 1. The number of nitrogens with zero attached hydrogens (tertiary/aromatic N) is 3. The second kappa shape index (κ2) is 10.8. The molecule has 1 N–H and O–H groups in total. The number of pyridine rings is 1. The molecule has 2 amide bonds. The maximum Gasteiger partial charge on any atom is 0.417 e. The first-order valence-corrected chi connectivity index (χ1v) is 14.0. The van der Waals surface area contributed by atoms with E-state index in [9.17, 15) is 22.8 Å². The Kier molecular flexibility index (Phi) is 7.76. The van der Waals surface area contributed by atoms with Gasteiger partial charge in [-0.15, -0.1) is 0 Å². The SMILES string of the molecule is CC1(C(=O)N2CCC(C(=O)N3C[C@H](CNc4ccc(C(F)(F)F)cn4)[C@@H](c4ccc(Cl)c(Cl)c4)C3)CC2)CC1. The van der Waals surface area contributed by atoms with Crippen molar-refractivity contribution < 1.29 is 22.8 Å². The Bertz CT molecular complexity index is 1230. The van der Waals surface area contributed by atoms with E-state index in [1.54, 1.807) is 6.07 Å². The number of nitrogens with one attached hydrogen (secondary N) is 1. The third-order valence-corrected chi connectivity index (χ3v) is 9.15. The van der Waals surface area contributed by atoms with Gasteiger partial charge in [-0.1, -0.05) is 36.2 Å². The molecule has 2 aromatic rings. The number of rotatable bonds is 6. The van der Waals surface area contributed by atoms with Crippen molar-refractivity contribution in [1.82, 2.24) is 14.8 Å². The number of hydrogen-bond donors (Lipinski definition) is 1. The highest BCUT2D eigenvalue weighted by atomic mass is 35.5. The third kappa shape index (κ3) is 6.14. The highest BCUT2D eigenvalue weighted by Crippen LogP contribution is 2.47. The van der Waals surface area contributed by atoms with Crippen LogP contribution in [-0.4, -0.2) is 59.3 Å². The number of alkyl halides is 3. The lowest BCUT2D eigenvalue weighted by molar-refractivity contribution is -0.142. The van der Waals surface area contributed by atoms with Crippen molar-refractivity contribution in [2.24, 2.45) is 17.3 Å². The molecule has 0 spiro atoms. The first kappa shape index (κ1) is 28.0. The first-order chi connectivity index (χ1) is 18.4. The summed E-state index contributed by atoms with van der Waals surface area (Å²) in [5.74, 6) is 0.423. The standard InChI is InChI=1S/C28H31Cl2F3N4O2/c1-27(8-9-27)26(39)36-10-6-17(7-11-36)25(38)37-15-19(21(16-37)18-2-4-22(29)23(30)12-18)13-34-24-5-3-20(14-35-24)28(31,32)33/h2-5,12,14,17,19,21H,6-11,13,15-16H2,1H3,(H,34,35)/t19-,21+/m0/s1. The normalized spacial score (nSPS) is 23.1. The Labute approximate surface area is 235 Å². The number of likely N-dealkylation sites (tertiary alicyclic amines) is 2. The van der Waals surface area contributed by atoms with Crippen molar-refractivity contribution in [1.29, 1.82) is 0 Å². The molecule has 3 heterocycles. The van der Waals surface area contributed by atoms with Gasteiger partial charge < -0.3 is 15.1 Å². The van der Waals surface area contributed by atoms with E-state index in [-0.39, 0.29) is 35.0 Å². The molecule has 2 atom stereocenters. The number of carbonyl (C=O) groups is 2. The molecule has 2 aliphatic heterocycles. The monoisotopic (exact) mass is 582 g/mol. The minimum atomic E-state index is -4.45. The predicted octanol–water partition coefficient (Wildman–Crippen LogP) is 6.10. The zero-order chi connectivity index (χ0) is 27.9. The summed E-state index contributed by atoms with van der Waals surface area (Å²) in [5, 5.41) is 4.02. The van der Waals surface area contributed by atoms with Crippen molar-refractivity contribution in [3.05, 3.63) is 57.7 Å².